The molecule has 0 spiro atoms. The molecular formula is C12H25NO2. The Morgan fingerprint density at radius 2 is 2.00 bits per heavy atom. The van der Waals surface area contributed by atoms with Crippen molar-refractivity contribution in [3.05, 3.63) is 0 Å². The maximum Gasteiger partial charge on any atom is 0.0593 e. The van der Waals surface area contributed by atoms with Crippen molar-refractivity contribution in [2.45, 2.75) is 26.7 Å². The molecule has 0 bridgehead atoms. The third-order valence-corrected chi connectivity index (χ3v) is 2.97. The number of aliphatic hydroxyl groups is 1. The van der Waals surface area contributed by atoms with Crippen LogP contribution in [-0.4, -0.2) is 49.5 Å². The Bertz CT molecular complexity index is 154. The molecular weight excluding hydrogens is 190 g/mol. The van der Waals surface area contributed by atoms with Gasteiger partial charge in [-0.3, -0.25) is 0 Å². The molecule has 0 atom stereocenters. The average molecular weight is 215 g/mol. The van der Waals surface area contributed by atoms with Gasteiger partial charge in [-0.05, 0) is 37.8 Å². The number of ether oxygens (including phenoxy) is 1. The van der Waals surface area contributed by atoms with Crippen molar-refractivity contribution in [1.82, 2.24) is 4.90 Å². The molecule has 0 saturated carbocycles. The van der Waals surface area contributed by atoms with Crippen LogP contribution in [-0.2, 0) is 4.74 Å². The molecule has 0 amide bonds. The summed E-state index contributed by atoms with van der Waals surface area (Å²) in [5, 5.41) is 9.01. The fourth-order valence-corrected chi connectivity index (χ4v) is 1.91. The van der Waals surface area contributed by atoms with Gasteiger partial charge in [-0.2, -0.15) is 0 Å². The van der Waals surface area contributed by atoms with Crippen molar-refractivity contribution >= 4 is 0 Å². The predicted octanol–water partition coefficient (Wildman–Crippen LogP) is 1.36. The largest absolute Gasteiger partial charge is 0.396 e. The molecule has 0 radical (unpaired) electrons. The molecule has 1 saturated heterocycles. The van der Waals surface area contributed by atoms with Crippen LogP contribution in [0.2, 0.25) is 0 Å². The maximum absolute atomic E-state index is 9.01. The molecule has 1 N–H and O–H groups in total. The number of rotatable bonds is 6. The zero-order chi connectivity index (χ0) is 11.1. The van der Waals surface area contributed by atoms with Crippen molar-refractivity contribution in [2.24, 2.45) is 11.8 Å². The summed E-state index contributed by atoms with van der Waals surface area (Å²) in [6.07, 6.45) is 2.28. The molecule has 1 heterocycles. The van der Waals surface area contributed by atoms with E-state index in [9.17, 15) is 0 Å². The Hall–Kier alpha value is -0.120. The van der Waals surface area contributed by atoms with Crippen LogP contribution in [0.4, 0.5) is 0 Å². The Balaban J connectivity index is 1.99. The number of likely N-dealkylation sites (tertiary alicyclic amines) is 1. The van der Waals surface area contributed by atoms with E-state index in [1.807, 2.05) is 0 Å². The van der Waals surface area contributed by atoms with Crippen LogP contribution in [0.1, 0.15) is 26.7 Å². The minimum absolute atomic E-state index is 0.359. The number of nitrogens with zero attached hydrogens (tertiary/aromatic N) is 1. The van der Waals surface area contributed by atoms with E-state index in [1.165, 1.54) is 0 Å². The van der Waals surface area contributed by atoms with Crippen LogP contribution in [0.25, 0.3) is 0 Å². The van der Waals surface area contributed by atoms with Gasteiger partial charge >= 0.3 is 0 Å². The van der Waals surface area contributed by atoms with Crippen LogP contribution in [0, 0.1) is 11.8 Å². The molecule has 15 heavy (non-hydrogen) atoms. The summed E-state index contributed by atoms with van der Waals surface area (Å²) in [7, 11) is 0. The molecule has 3 nitrogen and oxygen atoms in total. The van der Waals surface area contributed by atoms with Crippen LogP contribution >= 0.6 is 0 Å². The number of piperidine rings is 1. The van der Waals surface area contributed by atoms with Crippen LogP contribution in [0.3, 0.4) is 0 Å². The summed E-state index contributed by atoms with van der Waals surface area (Å²) >= 11 is 0. The monoisotopic (exact) mass is 215 g/mol. The first-order chi connectivity index (χ1) is 7.22. The van der Waals surface area contributed by atoms with Crippen LogP contribution in [0.5, 0.6) is 0 Å². The standard InChI is InChI=1S/C12H25NO2/c1-11(2)10-15-8-7-13-5-3-12(9-14)4-6-13/h11-12,14H,3-10H2,1-2H3. The van der Waals surface area contributed by atoms with E-state index in [0.29, 0.717) is 18.4 Å². The summed E-state index contributed by atoms with van der Waals surface area (Å²) in [4.78, 5) is 2.44. The quantitative estimate of drug-likeness (QED) is 0.679. The smallest absolute Gasteiger partial charge is 0.0593 e. The zero-order valence-corrected chi connectivity index (χ0v) is 10.1. The molecule has 0 unspecified atom stereocenters. The normalized spacial score (nSPS) is 20.0. The van der Waals surface area contributed by atoms with Crippen LogP contribution < -0.4 is 0 Å². The molecule has 0 aromatic rings. The molecule has 0 aromatic carbocycles. The van der Waals surface area contributed by atoms with Gasteiger partial charge in [0.2, 0.25) is 0 Å². The van der Waals surface area contributed by atoms with Crippen molar-refractivity contribution in [2.75, 3.05) is 39.5 Å². The lowest BCUT2D eigenvalue weighted by Gasteiger charge is -2.30. The first kappa shape index (κ1) is 12.9. The predicted molar refractivity (Wildman–Crippen MR) is 61.9 cm³/mol. The van der Waals surface area contributed by atoms with Crippen molar-refractivity contribution in [3.8, 4) is 0 Å². The molecule has 1 fully saturated rings. The van der Waals surface area contributed by atoms with Crippen molar-refractivity contribution < 1.29 is 9.84 Å². The highest BCUT2D eigenvalue weighted by atomic mass is 16.5. The highest BCUT2D eigenvalue weighted by Gasteiger charge is 2.17. The number of hydrogen-bond donors (Lipinski definition) is 1. The van der Waals surface area contributed by atoms with Gasteiger partial charge in [0.25, 0.3) is 0 Å². The minimum atomic E-state index is 0.359. The summed E-state index contributed by atoms with van der Waals surface area (Å²) in [5.41, 5.74) is 0. The lowest BCUT2D eigenvalue weighted by atomic mass is 9.98. The van der Waals surface area contributed by atoms with Gasteiger partial charge in [-0.25, -0.2) is 0 Å². The lowest BCUT2D eigenvalue weighted by molar-refractivity contribution is 0.0670. The van der Waals surface area contributed by atoms with E-state index >= 15 is 0 Å². The van der Waals surface area contributed by atoms with Gasteiger partial charge in [-0.1, -0.05) is 13.8 Å². The Morgan fingerprint density at radius 1 is 1.33 bits per heavy atom. The number of aliphatic hydroxyl groups excluding tert-OH is 1. The van der Waals surface area contributed by atoms with Gasteiger partial charge in [0.1, 0.15) is 0 Å². The highest BCUT2D eigenvalue weighted by molar-refractivity contribution is 4.71. The second kappa shape index (κ2) is 7.20. The van der Waals surface area contributed by atoms with E-state index in [4.69, 9.17) is 9.84 Å². The first-order valence-corrected chi connectivity index (χ1v) is 6.13. The molecule has 90 valence electrons. The third-order valence-electron chi connectivity index (χ3n) is 2.97. The van der Waals surface area contributed by atoms with Gasteiger partial charge in [0.05, 0.1) is 6.61 Å². The third kappa shape index (κ3) is 5.50. The van der Waals surface area contributed by atoms with Gasteiger partial charge < -0.3 is 14.7 Å². The van der Waals surface area contributed by atoms with Gasteiger partial charge in [0.15, 0.2) is 0 Å². The average Bonchev–Trinajstić information content (AvgIpc) is 2.25. The highest BCUT2D eigenvalue weighted by Crippen LogP contribution is 2.15. The summed E-state index contributed by atoms with van der Waals surface area (Å²) in [6.45, 7) is 9.71. The van der Waals surface area contributed by atoms with Crippen molar-refractivity contribution in [3.63, 3.8) is 0 Å². The van der Waals surface area contributed by atoms with Crippen molar-refractivity contribution in [1.29, 1.82) is 0 Å². The Morgan fingerprint density at radius 3 is 2.53 bits per heavy atom. The number of hydrogen-bond acceptors (Lipinski definition) is 3. The maximum atomic E-state index is 9.01. The molecule has 0 aromatic heterocycles. The Labute approximate surface area is 93.4 Å². The molecule has 1 aliphatic heterocycles. The molecule has 1 rings (SSSR count). The van der Waals surface area contributed by atoms with E-state index in [1.54, 1.807) is 0 Å². The second-order valence-electron chi connectivity index (χ2n) is 4.94. The SMILES string of the molecule is CC(C)COCCN1CCC(CO)CC1. The topological polar surface area (TPSA) is 32.7 Å². The summed E-state index contributed by atoms with van der Waals surface area (Å²) in [6, 6.07) is 0. The van der Waals surface area contributed by atoms with E-state index < -0.39 is 0 Å². The molecule has 0 aliphatic carbocycles. The lowest BCUT2D eigenvalue weighted by Crippen LogP contribution is -2.37. The van der Waals surface area contributed by atoms with E-state index in [-0.39, 0.29) is 0 Å². The fourth-order valence-electron chi connectivity index (χ4n) is 1.91. The van der Waals surface area contributed by atoms with Gasteiger partial charge in [0, 0.05) is 19.8 Å². The molecule has 3 heteroatoms. The fraction of sp³-hybridized carbons (Fsp3) is 1.00. The second-order valence-corrected chi connectivity index (χ2v) is 4.94. The van der Waals surface area contributed by atoms with E-state index in [0.717, 1.165) is 45.7 Å². The summed E-state index contributed by atoms with van der Waals surface area (Å²) in [5.74, 6) is 1.17. The zero-order valence-electron chi connectivity index (χ0n) is 10.1. The molecule has 1 aliphatic rings. The Kier molecular flexibility index (Phi) is 6.22. The summed E-state index contributed by atoms with van der Waals surface area (Å²) < 4.78 is 5.56. The first-order valence-electron chi connectivity index (χ1n) is 6.13. The van der Waals surface area contributed by atoms with Crippen LogP contribution in [0.15, 0.2) is 0 Å². The van der Waals surface area contributed by atoms with E-state index in [2.05, 4.69) is 18.7 Å². The van der Waals surface area contributed by atoms with Gasteiger partial charge in [-0.15, -0.1) is 0 Å². The minimum Gasteiger partial charge on any atom is -0.396 e.